The highest BCUT2D eigenvalue weighted by molar-refractivity contribution is 6.01. The van der Waals surface area contributed by atoms with Crippen molar-refractivity contribution in [2.24, 2.45) is 0 Å². The Morgan fingerprint density at radius 2 is 2.00 bits per heavy atom. The molecule has 0 heterocycles. The van der Waals surface area contributed by atoms with Crippen LogP contribution in [0, 0.1) is 11.3 Å². The van der Waals surface area contributed by atoms with Crippen LogP contribution < -0.4 is 10.6 Å². The molecule has 7 nitrogen and oxygen atoms in total. The molecule has 0 spiro atoms. The SMILES string of the molecule is N#Cc1cccc(NC(=O)NC(=O)CCC(=O)O)c1. The molecule has 0 radical (unpaired) electrons. The number of carboxylic acids is 1. The topological polar surface area (TPSA) is 119 Å². The largest absolute Gasteiger partial charge is 0.481 e. The molecule has 0 fully saturated rings. The Balaban J connectivity index is 2.49. The highest BCUT2D eigenvalue weighted by Crippen LogP contribution is 2.09. The predicted octanol–water partition coefficient (Wildman–Crippen LogP) is 1.07. The molecule has 1 aromatic carbocycles. The Morgan fingerprint density at radius 1 is 1.26 bits per heavy atom. The molecule has 3 N–H and O–H groups in total. The number of benzene rings is 1. The summed E-state index contributed by atoms with van der Waals surface area (Å²) in [6.45, 7) is 0. The zero-order chi connectivity index (χ0) is 14.3. The first-order chi connectivity index (χ1) is 9.01. The summed E-state index contributed by atoms with van der Waals surface area (Å²) in [6.07, 6.45) is -0.621. The second-order valence-corrected chi connectivity index (χ2v) is 3.59. The van der Waals surface area contributed by atoms with Crippen LogP contribution in [-0.4, -0.2) is 23.0 Å². The smallest absolute Gasteiger partial charge is 0.325 e. The van der Waals surface area contributed by atoms with Gasteiger partial charge in [-0.3, -0.25) is 14.9 Å². The van der Waals surface area contributed by atoms with E-state index in [1.165, 1.54) is 6.07 Å². The van der Waals surface area contributed by atoms with E-state index < -0.39 is 17.9 Å². The van der Waals surface area contributed by atoms with Gasteiger partial charge in [0.25, 0.3) is 0 Å². The average Bonchev–Trinajstić information content (AvgIpc) is 2.36. The molecule has 0 unspecified atom stereocenters. The lowest BCUT2D eigenvalue weighted by atomic mass is 10.2. The van der Waals surface area contributed by atoms with Crippen molar-refractivity contribution in [2.75, 3.05) is 5.32 Å². The molecular formula is C12H11N3O4. The summed E-state index contributed by atoms with van der Waals surface area (Å²) in [5, 5.41) is 21.4. The van der Waals surface area contributed by atoms with Crippen LogP contribution in [0.3, 0.4) is 0 Å². The maximum absolute atomic E-state index is 11.4. The second kappa shape index (κ2) is 6.76. The standard InChI is InChI=1S/C12H11N3O4/c13-7-8-2-1-3-9(6-8)14-12(19)15-10(16)4-5-11(17)18/h1-3,6H,4-5H2,(H,17,18)(H2,14,15,16,19). The van der Waals surface area contributed by atoms with Crippen molar-refractivity contribution in [3.8, 4) is 6.07 Å². The molecule has 1 rings (SSSR count). The van der Waals surface area contributed by atoms with Crippen LogP contribution in [0.1, 0.15) is 18.4 Å². The number of amides is 3. The number of nitrogens with zero attached hydrogens (tertiary/aromatic N) is 1. The van der Waals surface area contributed by atoms with E-state index in [-0.39, 0.29) is 12.8 Å². The summed E-state index contributed by atoms with van der Waals surface area (Å²) < 4.78 is 0. The molecule has 19 heavy (non-hydrogen) atoms. The van der Waals surface area contributed by atoms with Gasteiger partial charge in [-0.05, 0) is 18.2 Å². The fourth-order valence-corrected chi connectivity index (χ4v) is 1.24. The predicted molar refractivity (Wildman–Crippen MR) is 65.2 cm³/mol. The van der Waals surface area contributed by atoms with E-state index in [4.69, 9.17) is 10.4 Å². The van der Waals surface area contributed by atoms with Crippen molar-refractivity contribution in [1.82, 2.24) is 5.32 Å². The van der Waals surface area contributed by atoms with Crippen molar-refractivity contribution in [3.63, 3.8) is 0 Å². The minimum Gasteiger partial charge on any atom is -0.481 e. The van der Waals surface area contributed by atoms with E-state index in [0.29, 0.717) is 11.3 Å². The number of hydrogen-bond donors (Lipinski definition) is 3. The van der Waals surface area contributed by atoms with Crippen molar-refractivity contribution < 1.29 is 19.5 Å². The van der Waals surface area contributed by atoms with E-state index in [9.17, 15) is 14.4 Å². The maximum Gasteiger partial charge on any atom is 0.325 e. The first-order valence-corrected chi connectivity index (χ1v) is 5.34. The quantitative estimate of drug-likeness (QED) is 0.748. The van der Waals surface area contributed by atoms with Gasteiger partial charge in [0, 0.05) is 12.1 Å². The number of carboxylic acid groups (broad SMARTS) is 1. The maximum atomic E-state index is 11.4. The monoisotopic (exact) mass is 261 g/mol. The molecule has 0 bridgehead atoms. The number of rotatable bonds is 4. The van der Waals surface area contributed by atoms with Gasteiger partial charge in [-0.1, -0.05) is 6.07 Å². The number of urea groups is 1. The van der Waals surface area contributed by atoms with Gasteiger partial charge in [-0.2, -0.15) is 5.26 Å². The molecule has 0 aliphatic carbocycles. The van der Waals surface area contributed by atoms with Gasteiger partial charge in [0.15, 0.2) is 0 Å². The lowest BCUT2D eigenvalue weighted by Gasteiger charge is -2.06. The third kappa shape index (κ3) is 5.32. The van der Waals surface area contributed by atoms with Crippen LogP contribution in [-0.2, 0) is 9.59 Å². The zero-order valence-electron chi connectivity index (χ0n) is 9.84. The zero-order valence-corrected chi connectivity index (χ0v) is 9.84. The molecule has 0 aliphatic rings. The van der Waals surface area contributed by atoms with E-state index in [2.05, 4.69) is 5.32 Å². The molecule has 0 aromatic heterocycles. The van der Waals surface area contributed by atoms with E-state index in [1.54, 1.807) is 18.2 Å². The molecule has 0 atom stereocenters. The number of nitrogens with one attached hydrogen (secondary N) is 2. The van der Waals surface area contributed by atoms with Crippen LogP contribution in [0.4, 0.5) is 10.5 Å². The van der Waals surface area contributed by atoms with E-state index in [1.807, 2.05) is 11.4 Å². The molecule has 3 amide bonds. The van der Waals surface area contributed by atoms with Crippen molar-refractivity contribution >= 4 is 23.6 Å². The Bertz CT molecular complexity index is 548. The molecule has 0 saturated heterocycles. The fourth-order valence-electron chi connectivity index (χ4n) is 1.24. The van der Waals surface area contributed by atoms with E-state index >= 15 is 0 Å². The van der Waals surface area contributed by atoms with Gasteiger partial charge in [0.1, 0.15) is 0 Å². The average molecular weight is 261 g/mol. The van der Waals surface area contributed by atoms with Crippen LogP contribution in [0.2, 0.25) is 0 Å². The third-order valence-corrected chi connectivity index (χ3v) is 2.07. The van der Waals surface area contributed by atoms with Crippen molar-refractivity contribution in [2.45, 2.75) is 12.8 Å². The van der Waals surface area contributed by atoms with Gasteiger partial charge in [0.05, 0.1) is 18.1 Å². The van der Waals surface area contributed by atoms with Crippen molar-refractivity contribution in [3.05, 3.63) is 29.8 Å². The summed E-state index contributed by atoms with van der Waals surface area (Å²) in [6, 6.07) is 7.30. The lowest BCUT2D eigenvalue weighted by Crippen LogP contribution is -2.34. The highest BCUT2D eigenvalue weighted by atomic mass is 16.4. The van der Waals surface area contributed by atoms with E-state index in [0.717, 1.165) is 0 Å². The lowest BCUT2D eigenvalue weighted by molar-refractivity contribution is -0.138. The molecule has 1 aromatic rings. The number of aliphatic carboxylic acids is 1. The summed E-state index contributed by atoms with van der Waals surface area (Å²) >= 11 is 0. The normalized spacial score (nSPS) is 9.21. The molecule has 7 heteroatoms. The number of carbonyl (C=O) groups excluding carboxylic acids is 2. The van der Waals surface area contributed by atoms with Gasteiger partial charge in [-0.15, -0.1) is 0 Å². The van der Waals surface area contributed by atoms with Crippen LogP contribution >= 0.6 is 0 Å². The fraction of sp³-hybridized carbons (Fsp3) is 0.167. The molecule has 98 valence electrons. The van der Waals surface area contributed by atoms with Gasteiger partial charge < -0.3 is 10.4 Å². The van der Waals surface area contributed by atoms with Gasteiger partial charge >= 0.3 is 12.0 Å². The Kier molecular flexibility index (Phi) is 5.04. The van der Waals surface area contributed by atoms with Crippen LogP contribution in [0.5, 0.6) is 0 Å². The van der Waals surface area contributed by atoms with Crippen molar-refractivity contribution in [1.29, 1.82) is 5.26 Å². The minimum absolute atomic E-state index is 0.277. The Morgan fingerprint density at radius 3 is 2.63 bits per heavy atom. The third-order valence-electron chi connectivity index (χ3n) is 2.07. The first-order valence-electron chi connectivity index (χ1n) is 5.34. The molecular weight excluding hydrogens is 250 g/mol. The second-order valence-electron chi connectivity index (χ2n) is 3.59. The Hall–Kier alpha value is -2.88. The number of carbonyl (C=O) groups is 3. The first kappa shape index (κ1) is 14.2. The van der Waals surface area contributed by atoms with Gasteiger partial charge in [0.2, 0.25) is 5.91 Å². The highest BCUT2D eigenvalue weighted by Gasteiger charge is 2.09. The van der Waals surface area contributed by atoms with Crippen LogP contribution in [0.25, 0.3) is 0 Å². The minimum atomic E-state index is -1.11. The molecule has 0 aliphatic heterocycles. The number of hydrogen-bond acceptors (Lipinski definition) is 4. The number of nitriles is 1. The summed E-state index contributed by atoms with van der Waals surface area (Å²) in [5.41, 5.74) is 0.734. The summed E-state index contributed by atoms with van der Waals surface area (Å²) in [5.74, 6) is -1.80. The molecule has 0 saturated carbocycles. The number of anilines is 1. The summed E-state index contributed by atoms with van der Waals surface area (Å²) in [7, 11) is 0. The summed E-state index contributed by atoms with van der Waals surface area (Å²) in [4.78, 5) is 32.8. The Labute approximate surface area is 108 Å². The van der Waals surface area contributed by atoms with Crippen LogP contribution in [0.15, 0.2) is 24.3 Å². The number of imide groups is 1. The van der Waals surface area contributed by atoms with Gasteiger partial charge in [-0.25, -0.2) is 4.79 Å².